The summed E-state index contributed by atoms with van der Waals surface area (Å²) in [6, 6.07) is 28.1. The Kier molecular flexibility index (Phi) is 11.1. The lowest BCUT2D eigenvalue weighted by atomic mass is 10.0. The van der Waals surface area contributed by atoms with Crippen molar-refractivity contribution in [3.8, 4) is 0 Å². The van der Waals surface area contributed by atoms with Gasteiger partial charge in [0.1, 0.15) is 12.6 Å². The van der Waals surface area contributed by atoms with Gasteiger partial charge in [0.05, 0.1) is 10.6 Å². The van der Waals surface area contributed by atoms with E-state index in [4.69, 9.17) is 0 Å². The van der Waals surface area contributed by atoms with Gasteiger partial charge in [0.25, 0.3) is 10.0 Å². The van der Waals surface area contributed by atoms with Gasteiger partial charge in [-0.15, -0.1) is 0 Å². The van der Waals surface area contributed by atoms with Crippen LogP contribution in [0.5, 0.6) is 0 Å². The number of nitrogens with zero attached hydrogens (tertiary/aromatic N) is 2. The molecular formula is C37H42BrN3O4S. The van der Waals surface area contributed by atoms with Gasteiger partial charge in [0.2, 0.25) is 11.8 Å². The Balaban J connectivity index is 1.85. The number of anilines is 1. The van der Waals surface area contributed by atoms with Crippen LogP contribution in [-0.4, -0.2) is 43.3 Å². The fourth-order valence-corrected chi connectivity index (χ4v) is 7.11. The highest BCUT2D eigenvalue weighted by Gasteiger charge is 2.36. The Morgan fingerprint density at radius 1 is 0.826 bits per heavy atom. The van der Waals surface area contributed by atoms with Crippen LogP contribution in [-0.2, 0) is 32.6 Å². The van der Waals surface area contributed by atoms with Gasteiger partial charge in [-0.25, -0.2) is 8.42 Å². The van der Waals surface area contributed by atoms with E-state index >= 15 is 0 Å². The van der Waals surface area contributed by atoms with E-state index in [2.05, 4.69) is 21.2 Å². The molecule has 1 atom stereocenters. The Bertz CT molecular complexity index is 1790. The Morgan fingerprint density at radius 3 is 2.09 bits per heavy atom. The molecule has 4 aromatic rings. The van der Waals surface area contributed by atoms with Crippen molar-refractivity contribution in [3.63, 3.8) is 0 Å². The van der Waals surface area contributed by atoms with Crippen molar-refractivity contribution in [1.82, 2.24) is 10.2 Å². The highest BCUT2D eigenvalue weighted by Crippen LogP contribution is 2.30. The van der Waals surface area contributed by atoms with Crippen LogP contribution in [0, 0.1) is 20.8 Å². The van der Waals surface area contributed by atoms with Crippen molar-refractivity contribution in [2.24, 2.45) is 0 Å². The molecule has 0 bridgehead atoms. The van der Waals surface area contributed by atoms with Gasteiger partial charge in [-0.1, -0.05) is 88.2 Å². The van der Waals surface area contributed by atoms with Gasteiger partial charge >= 0.3 is 0 Å². The van der Waals surface area contributed by atoms with Crippen molar-refractivity contribution in [2.75, 3.05) is 10.8 Å². The third-order valence-electron chi connectivity index (χ3n) is 7.74. The van der Waals surface area contributed by atoms with Gasteiger partial charge in [-0.2, -0.15) is 0 Å². The van der Waals surface area contributed by atoms with Gasteiger partial charge in [-0.05, 0) is 94.1 Å². The lowest BCUT2D eigenvalue weighted by Crippen LogP contribution is -2.56. The smallest absolute Gasteiger partial charge is 0.264 e. The second-order valence-electron chi connectivity index (χ2n) is 12.6. The number of hydrogen-bond acceptors (Lipinski definition) is 4. The van der Waals surface area contributed by atoms with Gasteiger partial charge in [-0.3, -0.25) is 13.9 Å². The van der Waals surface area contributed by atoms with Crippen molar-refractivity contribution in [3.05, 3.63) is 129 Å². The molecule has 0 aliphatic carbocycles. The topological polar surface area (TPSA) is 86.8 Å². The van der Waals surface area contributed by atoms with Crippen molar-refractivity contribution in [1.29, 1.82) is 0 Å². The first-order chi connectivity index (χ1) is 21.7. The molecule has 0 radical (unpaired) electrons. The van der Waals surface area contributed by atoms with Gasteiger partial charge in [0, 0.05) is 23.0 Å². The van der Waals surface area contributed by atoms with Gasteiger partial charge in [0.15, 0.2) is 0 Å². The Morgan fingerprint density at radius 2 is 1.46 bits per heavy atom. The quantitative estimate of drug-likeness (QED) is 0.180. The number of sulfonamides is 1. The maximum Gasteiger partial charge on any atom is 0.264 e. The zero-order valence-corrected chi connectivity index (χ0v) is 29.7. The fourth-order valence-electron chi connectivity index (χ4n) is 5.20. The molecule has 1 N–H and O–H groups in total. The average molecular weight is 705 g/mol. The second-order valence-corrected chi connectivity index (χ2v) is 15.4. The number of aryl methyl sites for hydroxylation is 2. The van der Waals surface area contributed by atoms with E-state index in [9.17, 15) is 18.0 Å². The molecule has 7 nitrogen and oxygen atoms in total. The minimum Gasteiger partial charge on any atom is -0.350 e. The number of carbonyl (C=O) groups is 2. The minimum absolute atomic E-state index is 0.0802. The predicted octanol–water partition coefficient (Wildman–Crippen LogP) is 7.12. The highest BCUT2D eigenvalue weighted by atomic mass is 79.9. The van der Waals surface area contributed by atoms with Crippen LogP contribution in [0.2, 0.25) is 0 Å². The molecule has 9 heteroatoms. The minimum atomic E-state index is -4.17. The Labute approximate surface area is 281 Å². The van der Waals surface area contributed by atoms with E-state index in [1.807, 2.05) is 102 Å². The molecule has 0 heterocycles. The molecule has 46 heavy (non-hydrogen) atoms. The molecule has 0 aliphatic heterocycles. The number of amides is 2. The summed E-state index contributed by atoms with van der Waals surface area (Å²) in [5.41, 5.74) is 4.08. The molecule has 4 rings (SSSR count). The third kappa shape index (κ3) is 8.85. The van der Waals surface area contributed by atoms with Gasteiger partial charge < -0.3 is 10.2 Å². The first-order valence-corrected chi connectivity index (χ1v) is 17.4. The van der Waals surface area contributed by atoms with Crippen LogP contribution >= 0.6 is 15.9 Å². The van der Waals surface area contributed by atoms with E-state index in [1.165, 1.54) is 9.21 Å². The predicted molar refractivity (Wildman–Crippen MR) is 188 cm³/mol. The molecule has 0 unspecified atom stereocenters. The molecule has 0 spiro atoms. The maximum atomic E-state index is 14.7. The summed E-state index contributed by atoms with van der Waals surface area (Å²) in [5.74, 6) is -0.819. The largest absolute Gasteiger partial charge is 0.350 e. The zero-order chi connectivity index (χ0) is 33.6. The molecule has 4 aromatic carbocycles. The van der Waals surface area contributed by atoms with Crippen LogP contribution in [0.25, 0.3) is 0 Å². The van der Waals surface area contributed by atoms with E-state index < -0.39 is 34.1 Å². The summed E-state index contributed by atoms with van der Waals surface area (Å²) >= 11 is 3.52. The van der Waals surface area contributed by atoms with E-state index in [-0.39, 0.29) is 23.8 Å². The summed E-state index contributed by atoms with van der Waals surface area (Å²) in [7, 11) is -4.17. The molecular weight excluding hydrogens is 662 g/mol. The summed E-state index contributed by atoms with van der Waals surface area (Å²) < 4.78 is 30.6. The summed E-state index contributed by atoms with van der Waals surface area (Å²) in [4.78, 5) is 30.3. The van der Waals surface area contributed by atoms with Crippen molar-refractivity contribution in [2.45, 2.75) is 71.0 Å². The zero-order valence-electron chi connectivity index (χ0n) is 27.2. The van der Waals surface area contributed by atoms with Crippen LogP contribution in [0.4, 0.5) is 5.69 Å². The fraction of sp³-hybridized carbons (Fsp3) is 0.297. The van der Waals surface area contributed by atoms with Crippen LogP contribution in [0.15, 0.2) is 106 Å². The number of carbonyl (C=O) groups excluding carboxylic acids is 2. The number of halogens is 1. The maximum absolute atomic E-state index is 14.7. The molecule has 0 fully saturated rings. The first-order valence-electron chi connectivity index (χ1n) is 15.2. The summed E-state index contributed by atoms with van der Waals surface area (Å²) in [6.45, 7) is 10.9. The normalized spacial score (nSPS) is 12.3. The number of hydrogen-bond donors (Lipinski definition) is 1. The van der Waals surface area contributed by atoms with Crippen LogP contribution < -0.4 is 9.62 Å². The number of benzene rings is 4. The molecule has 0 saturated heterocycles. The molecule has 0 aliphatic rings. The van der Waals surface area contributed by atoms with Crippen LogP contribution in [0.1, 0.15) is 48.6 Å². The standard InChI is InChI=1S/C37H42BrN3O4S/c1-26-18-20-32(21-19-26)46(44,45)41(33-17-10-12-27(2)28(33)3)25-35(42)40(24-30-15-11-16-31(38)22-30)34(36(43)39-37(4,5)6)23-29-13-8-7-9-14-29/h7-22,34H,23-25H2,1-6H3,(H,39,43)/t34-/m0/s1. The number of nitrogens with one attached hydrogen (secondary N) is 1. The van der Waals surface area contributed by atoms with E-state index in [1.54, 1.807) is 36.4 Å². The van der Waals surface area contributed by atoms with Crippen molar-refractivity contribution >= 4 is 43.5 Å². The van der Waals surface area contributed by atoms with Crippen LogP contribution in [0.3, 0.4) is 0 Å². The second kappa shape index (κ2) is 14.6. The number of rotatable bonds is 11. The monoisotopic (exact) mass is 703 g/mol. The highest BCUT2D eigenvalue weighted by molar-refractivity contribution is 9.10. The SMILES string of the molecule is Cc1ccc(S(=O)(=O)N(CC(=O)N(Cc2cccc(Br)c2)[C@@H](Cc2ccccc2)C(=O)NC(C)(C)C)c2cccc(C)c2C)cc1. The molecule has 0 saturated carbocycles. The summed E-state index contributed by atoms with van der Waals surface area (Å²) in [5, 5.41) is 3.06. The molecule has 242 valence electrons. The average Bonchev–Trinajstić information content (AvgIpc) is 2.99. The first kappa shape index (κ1) is 34.9. The van der Waals surface area contributed by atoms with E-state index in [0.29, 0.717) is 5.69 Å². The molecule has 0 aromatic heterocycles. The lowest BCUT2D eigenvalue weighted by Gasteiger charge is -2.35. The van der Waals surface area contributed by atoms with Crippen molar-refractivity contribution < 1.29 is 18.0 Å². The Hall–Kier alpha value is -3.95. The lowest BCUT2D eigenvalue weighted by molar-refractivity contribution is -0.140. The molecule has 2 amide bonds. The summed E-state index contributed by atoms with van der Waals surface area (Å²) in [6.07, 6.45) is 0.247. The third-order valence-corrected chi connectivity index (χ3v) is 10.0. The van der Waals surface area contributed by atoms with E-state index in [0.717, 1.165) is 32.3 Å².